The predicted molar refractivity (Wildman–Crippen MR) is 36.3 cm³/mol. The molecule has 0 amide bonds. The zero-order valence-corrected chi connectivity index (χ0v) is 5.31. The van der Waals surface area contributed by atoms with Gasteiger partial charge in [0.05, 0.1) is 0 Å². The van der Waals surface area contributed by atoms with Crippen LogP contribution >= 0.6 is 11.3 Å². The van der Waals surface area contributed by atoms with Crippen molar-refractivity contribution in [3.05, 3.63) is 4.88 Å². The maximum absolute atomic E-state index is 10.1. The van der Waals surface area contributed by atoms with Crippen molar-refractivity contribution < 1.29 is 4.79 Å². The number of carbonyl (C=O) groups is 1. The average molecular weight is 143 g/mol. The molecule has 5 heteroatoms. The number of rotatable bonds is 1. The van der Waals surface area contributed by atoms with Crippen molar-refractivity contribution in [3.8, 4) is 0 Å². The lowest BCUT2D eigenvalue weighted by Gasteiger charge is -1.77. The number of aldehydes is 1. The number of nitrogens with two attached hydrogens (primary N) is 2. The molecule has 0 aliphatic heterocycles. The average Bonchev–Trinajstić information content (AvgIpc) is 2.10. The minimum atomic E-state index is 0.215. The SMILES string of the molecule is Nc1nc(N)c(C=O)s1. The number of hydrogen-bond acceptors (Lipinski definition) is 5. The summed E-state index contributed by atoms with van der Waals surface area (Å²) in [6.45, 7) is 0. The Morgan fingerprint density at radius 3 is 2.44 bits per heavy atom. The first-order valence-corrected chi connectivity index (χ1v) is 3.02. The van der Waals surface area contributed by atoms with Gasteiger partial charge in [-0.05, 0) is 0 Å². The van der Waals surface area contributed by atoms with Gasteiger partial charge in [-0.3, -0.25) is 4.79 Å². The first-order valence-electron chi connectivity index (χ1n) is 2.21. The Kier molecular flexibility index (Phi) is 1.35. The third-order valence-corrected chi connectivity index (χ3v) is 1.63. The molecule has 1 aromatic heterocycles. The van der Waals surface area contributed by atoms with Crippen LogP contribution in [0, 0.1) is 0 Å². The molecule has 0 aliphatic rings. The second kappa shape index (κ2) is 2.02. The lowest BCUT2D eigenvalue weighted by atomic mass is 10.6. The van der Waals surface area contributed by atoms with Crippen LogP contribution in [0.3, 0.4) is 0 Å². The van der Waals surface area contributed by atoms with E-state index in [-0.39, 0.29) is 5.82 Å². The molecule has 4 N–H and O–H groups in total. The number of nitrogen functional groups attached to an aromatic ring is 2. The van der Waals surface area contributed by atoms with Crippen LogP contribution in [0.5, 0.6) is 0 Å². The smallest absolute Gasteiger partial charge is 0.182 e. The molecule has 0 aromatic carbocycles. The molecule has 0 radical (unpaired) electrons. The zero-order chi connectivity index (χ0) is 6.85. The van der Waals surface area contributed by atoms with E-state index in [1.54, 1.807) is 0 Å². The molecule has 9 heavy (non-hydrogen) atoms. The highest BCUT2D eigenvalue weighted by Crippen LogP contribution is 2.19. The van der Waals surface area contributed by atoms with Crippen LogP contribution < -0.4 is 11.5 Å². The van der Waals surface area contributed by atoms with Crippen LogP contribution in [0.4, 0.5) is 10.9 Å². The third-order valence-electron chi connectivity index (χ3n) is 0.805. The number of hydrogen-bond donors (Lipinski definition) is 2. The Morgan fingerprint density at radius 2 is 2.22 bits per heavy atom. The molecule has 0 bridgehead atoms. The number of anilines is 2. The van der Waals surface area contributed by atoms with Gasteiger partial charge in [-0.1, -0.05) is 11.3 Å². The molecule has 0 fully saturated rings. The van der Waals surface area contributed by atoms with E-state index in [4.69, 9.17) is 11.5 Å². The maximum Gasteiger partial charge on any atom is 0.182 e. The largest absolute Gasteiger partial charge is 0.382 e. The summed E-state index contributed by atoms with van der Waals surface area (Å²) in [5, 5.41) is 0.328. The number of carbonyl (C=O) groups excluding carboxylic acids is 1. The van der Waals surface area contributed by atoms with Crippen molar-refractivity contribution in [2.24, 2.45) is 0 Å². The molecule has 4 nitrogen and oxygen atoms in total. The van der Waals surface area contributed by atoms with E-state index in [0.29, 0.717) is 16.3 Å². The van der Waals surface area contributed by atoms with Gasteiger partial charge in [-0.15, -0.1) is 0 Å². The van der Waals surface area contributed by atoms with Gasteiger partial charge in [-0.25, -0.2) is 4.98 Å². The summed E-state index contributed by atoms with van der Waals surface area (Å²) in [5.41, 5.74) is 10.5. The van der Waals surface area contributed by atoms with Gasteiger partial charge in [0, 0.05) is 0 Å². The Labute approximate surface area is 55.5 Å². The molecular weight excluding hydrogens is 138 g/mol. The van der Waals surface area contributed by atoms with Crippen LogP contribution in [-0.2, 0) is 0 Å². The molecule has 1 rings (SSSR count). The molecule has 48 valence electrons. The second-order valence-electron chi connectivity index (χ2n) is 1.42. The molecule has 1 aromatic rings. The normalized spacial score (nSPS) is 9.33. The summed E-state index contributed by atoms with van der Waals surface area (Å²) in [5.74, 6) is 0.215. The standard InChI is InChI=1S/C4H5N3OS/c5-3-2(1-8)9-4(6)7-3/h1H,5H2,(H2,6,7). The first kappa shape index (κ1) is 6.03. The van der Waals surface area contributed by atoms with Crippen LogP contribution in [0.2, 0.25) is 0 Å². The van der Waals surface area contributed by atoms with Gasteiger partial charge in [-0.2, -0.15) is 0 Å². The van der Waals surface area contributed by atoms with Gasteiger partial charge in [0.25, 0.3) is 0 Å². The molecule has 1 heterocycles. The first-order chi connectivity index (χ1) is 4.24. The van der Waals surface area contributed by atoms with Crippen molar-refractivity contribution >= 4 is 28.6 Å². The Morgan fingerprint density at radius 1 is 1.56 bits per heavy atom. The number of aromatic nitrogens is 1. The fourth-order valence-corrected chi connectivity index (χ4v) is 1.01. The molecule has 0 spiro atoms. The molecule has 0 saturated heterocycles. The van der Waals surface area contributed by atoms with E-state index in [1.165, 1.54) is 0 Å². The van der Waals surface area contributed by atoms with E-state index in [1.807, 2.05) is 0 Å². The van der Waals surface area contributed by atoms with Crippen molar-refractivity contribution in [2.75, 3.05) is 11.5 Å². The lowest BCUT2D eigenvalue weighted by Crippen LogP contribution is -1.89. The summed E-state index contributed by atoms with van der Waals surface area (Å²) in [7, 11) is 0. The van der Waals surface area contributed by atoms with Gasteiger partial charge in [0.1, 0.15) is 10.7 Å². The summed E-state index contributed by atoms with van der Waals surface area (Å²) in [4.78, 5) is 14.1. The predicted octanol–water partition coefficient (Wildman–Crippen LogP) is 0.120. The second-order valence-corrected chi connectivity index (χ2v) is 2.48. The van der Waals surface area contributed by atoms with Crippen molar-refractivity contribution in [1.82, 2.24) is 4.98 Å². The molecular formula is C4H5N3OS. The van der Waals surface area contributed by atoms with Crippen molar-refractivity contribution in [3.63, 3.8) is 0 Å². The molecule has 0 saturated carbocycles. The van der Waals surface area contributed by atoms with Crippen molar-refractivity contribution in [2.45, 2.75) is 0 Å². The molecule has 0 aliphatic carbocycles. The topological polar surface area (TPSA) is 82.0 Å². The van der Waals surface area contributed by atoms with Crippen LogP contribution in [-0.4, -0.2) is 11.3 Å². The van der Waals surface area contributed by atoms with Crippen LogP contribution in [0.1, 0.15) is 9.67 Å². The lowest BCUT2D eigenvalue weighted by molar-refractivity contribution is 0.112. The molecule has 0 unspecified atom stereocenters. The highest BCUT2D eigenvalue weighted by atomic mass is 32.1. The van der Waals surface area contributed by atoms with E-state index in [0.717, 1.165) is 11.3 Å². The van der Waals surface area contributed by atoms with Crippen LogP contribution in [0.15, 0.2) is 0 Å². The summed E-state index contributed by atoms with van der Waals surface area (Å²) >= 11 is 1.09. The van der Waals surface area contributed by atoms with Gasteiger partial charge in [0.2, 0.25) is 0 Å². The number of nitrogens with zero attached hydrogens (tertiary/aromatic N) is 1. The Bertz CT molecular complexity index is 232. The van der Waals surface area contributed by atoms with Gasteiger partial charge in [0.15, 0.2) is 11.4 Å². The Hall–Kier alpha value is -1.10. The van der Waals surface area contributed by atoms with Gasteiger partial charge >= 0.3 is 0 Å². The van der Waals surface area contributed by atoms with E-state index in [9.17, 15) is 4.79 Å². The van der Waals surface area contributed by atoms with E-state index in [2.05, 4.69) is 4.98 Å². The molecule has 0 atom stereocenters. The van der Waals surface area contributed by atoms with E-state index < -0.39 is 0 Å². The quantitative estimate of drug-likeness (QED) is 0.547. The van der Waals surface area contributed by atoms with Gasteiger partial charge < -0.3 is 11.5 Å². The fourth-order valence-electron chi connectivity index (χ4n) is 0.446. The minimum Gasteiger partial charge on any atom is -0.382 e. The van der Waals surface area contributed by atoms with E-state index >= 15 is 0 Å². The zero-order valence-electron chi connectivity index (χ0n) is 4.50. The minimum absolute atomic E-state index is 0.215. The van der Waals surface area contributed by atoms with Crippen LogP contribution in [0.25, 0.3) is 0 Å². The van der Waals surface area contributed by atoms with Crippen molar-refractivity contribution in [1.29, 1.82) is 0 Å². The fraction of sp³-hybridized carbons (Fsp3) is 0. The summed E-state index contributed by atoms with van der Waals surface area (Å²) < 4.78 is 0. The monoisotopic (exact) mass is 143 g/mol. The highest BCUT2D eigenvalue weighted by Gasteiger charge is 2.02. The summed E-state index contributed by atoms with van der Waals surface area (Å²) in [6, 6.07) is 0. The maximum atomic E-state index is 10.1. The summed E-state index contributed by atoms with van der Waals surface area (Å²) in [6.07, 6.45) is 0.642. The Balaban J connectivity index is 3.15. The third kappa shape index (κ3) is 0.996. The number of thiazole rings is 1. The highest BCUT2D eigenvalue weighted by molar-refractivity contribution is 7.17.